The molecule has 0 fully saturated rings. The minimum absolute atomic E-state index is 0.378. The van der Waals surface area contributed by atoms with Crippen molar-refractivity contribution < 1.29 is 0 Å². The third-order valence-electron chi connectivity index (χ3n) is 3.82. The third-order valence-corrected chi connectivity index (χ3v) is 3.82. The van der Waals surface area contributed by atoms with Gasteiger partial charge in [0.05, 0.1) is 6.04 Å². The molecule has 3 aromatic rings. The van der Waals surface area contributed by atoms with E-state index < -0.39 is 0 Å². The lowest BCUT2D eigenvalue weighted by molar-refractivity contribution is 0.539. The Balaban J connectivity index is 2.05. The summed E-state index contributed by atoms with van der Waals surface area (Å²) in [5.74, 6) is 0. The Bertz CT molecular complexity index is 670. The van der Waals surface area contributed by atoms with Gasteiger partial charge in [-0.2, -0.15) is 0 Å². The maximum atomic E-state index is 3.26. The number of nitrogens with one attached hydrogen (secondary N) is 1. The van der Waals surface area contributed by atoms with Crippen molar-refractivity contribution in [2.45, 2.75) is 12.5 Å². The van der Waals surface area contributed by atoms with Crippen LogP contribution < -0.4 is 5.32 Å². The van der Waals surface area contributed by atoms with E-state index in [-0.39, 0.29) is 0 Å². The molecule has 0 aliphatic heterocycles. The number of benzene rings is 2. The van der Waals surface area contributed by atoms with Crippen LogP contribution in [0.15, 0.2) is 66.9 Å². The second-order valence-corrected chi connectivity index (χ2v) is 5.10. The van der Waals surface area contributed by atoms with Crippen LogP contribution >= 0.6 is 0 Å². The number of rotatable bonds is 5. The Morgan fingerprint density at radius 2 is 1.70 bits per heavy atom. The van der Waals surface area contributed by atoms with Gasteiger partial charge >= 0.3 is 0 Å². The SMILES string of the molecule is CNCCC(c1ccccc1)n1ccc2ccccc21. The Morgan fingerprint density at radius 3 is 2.50 bits per heavy atom. The van der Waals surface area contributed by atoms with Gasteiger partial charge in [0.15, 0.2) is 0 Å². The lowest BCUT2D eigenvalue weighted by Crippen LogP contribution is -2.17. The van der Waals surface area contributed by atoms with E-state index in [1.54, 1.807) is 0 Å². The predicted molar refractivity (Wildman–Crippen MR) is 85.1 cm³/mol. The molecule has 1 unspecified atom stereocenters. The highest BCUT2D eigenvalue weighted by Crippen LogP contribution is 2.27. The molecule has 102 valence electrons. The summed E-state index contributed by atoms with van der Waals surface area (Å²) in [6.45, 7) is 1.01. The molecule has 0 saturated carbocycles. The summed E-state index contributed by atoms with van der Waals surface area (Å²) in [4.78, 5) is 0. The molecule has 3 rings (SSSR count). The number of para-hydroxylation sites is 1. The minimum Gasteiger partial charge on any atom is -0.340 e. The summed E-state index contributed by atoms with van der Waals surface area (Å²) >= 11 is 0. The molecular formula is C18H20N2. The molecule has 2 nitrogen and oxygen atoms in total. The fourth-order valence-electron chi connectivity index (χ4n) is 2.80. The Kier molecular flexibility index (Phi) is 3.84. The summed E-state index contributed by atoms with van der Waals surface area (Å²) in [7, 11) is 2.01. The number of fused-ring (bicyclic) bond motifs is 1. The van der Waals surface area contributed by atoms with Gasteiger partial charge in [-0.3, -0.25) is 0 Å². The highest BCUT2D eigenvalue weighted by molar-refractivity contribution is 5.80. The molecule has 1 aromatic heterocycles. The van der Waals surface area contributed by atoms with Crippen molar-refractivity contribution in [3.05, 3.63) is 72.4 Å². The molecule has 0 aliphatic rings. The van der Waals surface area contributed by atoms with E-state index in [4.69, 9.17) is 0 Å². The standard InChI is InChI=1S/C18H20N2/c1-19-13-11-18(15-7-3-2-4-8-15)20-14-12-16-9-5-6-10-17(16)20/h2-10,12,14,18-19H,11,13H2,1H3. The van der Waals surface area contributed by atoms with Crippen molar-refractivity contribution in [1.82, 2.24) is 9.88 Å². The molecule has 0 saturated heterocycles. The van der Waals surface area contributed by atoms with Gasteiger partial charge in [0.2, 0.25) is 0 Å². The molecule has 0 aliphatic carbocycles. The molecule has 0 radical (unpaired) electrons. The summed E-state index contributed by atoms with van der Waals surface area (Å²) in [5.41, 5.74) is 2.67. The van der Waals surface area contributed by atoms with Gasteiger partial charge < -0.3 is 9.88 Å². The van der Waals surface area contributed by atoms with Crippen LogP contribution in [0.25, 0.3) is 10.9 Å². The van der Waals surface area contributed by atoms with Crippen molar-refractivity contribution in [1.29, 1.82) is 0 Å². The van der Waals surface area contributed by atoms with E-state index >= 15 is 0 Å². The Labute approximate surface area is 120 Å². The van der Waals surface area contributed by atoms with E-state index in [9.17, 15) is 0 Å². The zero-order chi connectivity index (χ0) is 13.8. The van der Waals surface area contributed by atoms with Gasteiger partial charge in [-0.1, -0.05) is 48.5 Å². The van der Waals surface area contributed by atoms with E-state index in [2.05, 4.69) is 76.7 Å². The van der Waals surface area contributed by atoms with Gasteiger partial charge in [0.25, 0.3) is 0 Å². The molecule has 20 heavy (non-hydrogen) atoms. The van der Waals surface area contributed by atoms with Gasteiger partial charge in [-0.15, -0.1) is 0 Å². The lowest BCUT2D eigenvalue weighted by atomic mass is 10.0. The molecule has 1 N–H and O–H groups in total. The fourth-order valence-corrected chi connectivity index (χ4v) is 2.80. The normalized spacial score (nSPS) is 12.7. The number of nitrogens with zero attached hydrogens (tertiary/aromatic N) is 1. The molecule has 2 heteroatoms. The van der Waals surface area contributed by atoms with Crippen LogP contribution in [0.1, 0.15) is 18.0 Å². The van der Waals surface area contributed by atoms with Gasteiger partial charge in [0, 0.05) is 11.7 Å². The molecule has 1 heterocycles. The molecule has 0 amide bonds. The number of hydrogen-bond donors (Lipinski definition) is 1. The van der Waals surface area contributed by atoms with Crippen LogP contribution in [0.4, 0.5) is 0 Å². The second-order valence-electron chi connectivity index (χ2n) is 5.10. The largest absolute Gasteiger partial charge is 0.340 e. The first kappa shape index (κ1) is 12.9. The number of hydrogen-bond acceptors (Lipinski definition) is 1. The average Bonchev–Trinajstić information content (AvgIpc) is 2.93. The molecule has 0 spiro atoms. The van der Waals surface area contributed by atoms with E-state index in [0.717, 1.165) is 13.0 Å². The van der Waals surface area contributed by atoms with Gasteiger partial charge in [0.1, 0.15) is 0 Å². The van der Waals surface area contributed by atoms with Crippen molar-refractivity contribution in [3.63, 3.8) is 0 Å². The van der Waals surface area contributed by atoms with Crippen LogP contribution in [0.2, 0.25) is 0 Å². The summed E-state index contributed by atoms with van der Waals surface area (Å²) in [5, 5.41) is 4.57. The second kappa shape index (κ2) is 5.93. The quantitative estimate of drug-likeness (QED) is 0.741. The van der Waals surface area contributed by atoms with E-state index in [0.29, 0.717) is 6.04 Å². The van der Waals surface area contributed by atoms with E-state index in [1.165, 1.54) is 16.5 Å². The van der Waals surface area contributed by atoms with Crippen molar-refractivity contribution in [3.8, 4) is 0 Å². The first-order chi connectivity index (χ1) is 9.90. The van der Waals surface area contributed by atoms with Gasteiger partial charge in [-0.05, 0) is 43.1 Å². The predicted octanol–water partition coefficient (Wildman–Crippen LogP) is 3.84. The lowest BCUT2D eigenvalue weighted by Gasteiger charge is -2.21. The first-order valence-corrected chi connectivity index (χ1v) is 7.15. The third kappa shape index (κ3) is 2.47. The highest BCUT2D eigenvalue weighted by Gasteiger charge is 2.14. The maximum Gasteiger partial charge on any atom is 0.0598 e. The van der Waals surface area contributed by atoms with Crippen LogP contribution in [-0.2, 0) is 0 Å². The summed E-state index contributed by atoms with van der Waals surface area (Å²) in [6, 6.07) is 21.9. The maximum absolute atomic E-state index is 3.26. The molecule has 1 atom stereocenters. The van der Waals surface area contributed by atoms with Crippen LogP contribution in [-0.4, -0.2) is 18.2 Å². The van der Waals surface area contributed by atoms with E-state index in [1.807, 2.05) is 7.05 Å². The van der Waals surface area contributed by atoms with Crippen molar-refractivity contribution in [2.75, 3.05) is 13.6 Å². The average molecular weight is 264 g/mol. The number of aromatic nitrogens is 1. The van der Waals surface area contributed by atoms with Crippen LogP contribution in [0.3, 0.4) is 0 Å². The van der Waals surface area contributed by atoms with Gasteiger partial charge in [-0.25, -0.2) is 0 Å². The summed E-state index contributed by atoms with van der Waals surface area (Å²) < 4.78 is 2.39. The highest BCUT2D eigenvalue weighted by atomic mass is 15.0. The van der Waals surface area contributed by atoms with Crippen LogP contribution in [0.5, 0.6) is 0 Å². The molecule has 0 bridgehead atoms. The monoisotopic (exact) mass is 264 g/mol. The fraction of sp³-hybridized carbons (Fsp3) is 0.222. The van der Waals surface area contributed by atoms with Crippen molar-refractivity contribution in [2.24, 2.45) is 0 Å². The zero-order valence-corrected chi connectivity index (χ0v) is 11.8. The van der Waals surface area contributed by atoms with Crippen molar-refractivity contribution >= 4 is 10.9 Å². The molecule has 2 aromatic carbocycles. The minimum atomic E-state index is 0.378. The Hall–Kier alpha value is -2.06. The van der Waals surface area contributed by atoms with Crippen LogP contribution in [0, 0.1) is 0 Å². The topological polar surface area (TPSA) is 17.0 Å². The molecular weight excluding hydrogens is 244 g/mol. The summed E-state index contributed by atoms with van der Waals surface area (Å²) in [6.07, 6.45) is 3.29. The Morgan fingerprint density at radius 1 is 0.950 bits per heavy atom. The first-order valence-electron chi connectivity index (χ1n) is 7.15. The smallest absolute Gasteiger partial charge is 0.0598 e. The zero-order valence-electron chi connectivity index (χ0n) is 11.8.